The topological polar surface area (TPSA) is 29.5 Å². The van der Waals surface area contributed by atoms with E-state index in [9.17, 15) is 4.79 Å². The quantitative estimate of drug-likeness (QED) is 0.100. The Hall–Kier alpha value is 0.0687. The van der Waals surface area contributed by atoms with E-state index >= 15 is 0 Å². The Kier molecular flexibility index (Phi) is 21.9. The fourth-order valence-corrected chi connectivity index (χ4v) is 20.9. The molecule has 3 nitrogen and oxygen atoms in total. The Morgan fingerprint density at radius 3 is 1.39 bits per heavy atom. The molecular formula is C27H57NO2Sn. The molecule has 4 heteroatoms. The Balaban J connectivity index is 4.65. The molecule has 186 valence electrons. The summed E-state index contributed by atoms with van der Waals surface area (Å²) in [5.74, 6) is 0. The average Bonchev–Trinajstić information content (AvgIpc) is 2.79. The molecule has 0 aliphatic carbocycles. The van der Waals surface area contributed by atoms with Crippen LogP contribution in [0.2, 0.25) is 13.3 Å². The number of hydrogen-bond donors (Lipinski definition) is 0. The fourth-order valence-electron chi connectivity index (χ4n) is 4.83. The van der Waals surface area contributed by atoms with Crippen LogP contribution in [-0.4, -0.2) is 47.6 Å². The van der Waals surface area contributed by atoms with Crippen molar-refractivity contribution in [1.29, 1.82) is 0 Å². The summed E-state index contributed by atoms with van der Waals surface area (Å²) in [4.78, 5) is 14.8. The number of nitrogens with zero attached hydrogens (tertiary/aromatic N) is 1. The van der Waals surface area contributed by atoms with Crippen LogP contribution in [0.25, 0.3) is 0 Å². The predicted octanol–water partition coefficient (Wildman–Crippen LogP) is 9.36. The van der Waals surface area contributed by atoms with E-state index in [2.05, 4.69) is 32.6 Å². The van der Waals surface area contributed by atoms with Crippen molar-refractivity contribution in [2.24, 2.45) is 0 Å². The van der Waals surface area contributed by atoms with E-state index in [-0.39, 0.29) is 6.09 Å². The normalized spacial score (nSPS) is 11.6. The molecule has 0 bridgehead atoms. The first-order valence-electron chi connectivity index (χ1n) is 13.9. The summed E-state index contributed by atoms with van der Waals surface area (Å²) in [6.45, 7) is 10.1. The Morgan fingerprint density at radius 2 is 1.00 bits per heavy atom. The molecule has 0 aromatic heterocycles. The number of ether oxygens (including phenoxy) is 1. The third kappa shape index (κ3) is 16.3. The van der Waals surface area contributed by atoms with E-state index in [1.54, 1.807) is 7.11 Å². The van der Waals surface area contributed by atoms with Crippen LogP contribution in [0.15, 0.2) is 0 Å². The number of rotatable bonds is 22. The standard InChI is InChI=1S/C15H30NO2.3C4H9.Sn/c1-4-5-6-7-8-9-10-11-12-13-14-16(2)15(17)18-3;3*1-3-4-2;/h2,4-14H2,1,3H3;3*1,3-4H2,2H3;. The second-order valence-electron chi connectivity index (χ2n) is 9.88. The molecule has 0 unspecified atom stereocenters. The van der Waals surface area contributed by atoms with Crippen molar-refractivity contribution < 1.29 is 9.53 Å². The van der Waals surface area contributed by atoms with E-state index in [0.29, 0.717) is 0 Å². The van der Waals surface area contributed by atoms with Crippen molar-refractivity contribution in [3.8, 4) is 0 Å². The Labute approximate surface area is 200 Å². The van der Waals surface area contributed by atoms with Gasteiger partial charge in [-0.15, -0.1) is 0 Å². The first-order chi connectivity index (χ1) is 15.1. The molecule has 0 saturated heterocycles. The summed E-state index contributed by atoms with van der Waals surface area (Å²) >= 11 is -2.37. The van der Waals surface area contributed by atoms with Crippen molar-refractivity contribution in [3.63, 3.8) is 0 Å². The van der Waals surface area contributed by atoms with Gasteiger partial charge < -0.3 is 0 Å². The summed E-state index contributed by atoms with van der Waals surface area (Å²) < 4.78 is 10.7. The van der Waals surface area contributed by atoms with Crippen LogP contribution in [0, 0.1) is 0 Å². The molecule has 1 amide bonds. The second kappa shape index (κ2) is 21.9. The maximum atomic E-state index is 12.6. The molecule has 0 saturated carbocycles. The maximum absolute atomic E-state index is 12.6. The molecule has 31 heavy (non-hydrogen) atoms. The molecule has 0 N–H and O–H groups in total. The minimum atomic E-state index is -2.37. The van der Waals surface area contributed by atoms with Gasteiger partial charge in [-0.2, -0.15) is 0 Å². The van der Waals surface area contributed by atoms with Gasteiger partial charge in [0.05, 0.1) is 0 Å². The van der Waals surface area contributed by atoms with Crippen LogP contribution >= 0.6 is 0 Å². The number of hydrogen-bond acceptors (Lipinski definition) is 2. The van der Waals surface area contributed by atoms with Crippen molar-refractivity contribution in [1.82, 2.24) is 4.90 Å². The minimum absolute atomic E-state index is 0.0681. The SMILES string of the molecule is CCCCCCCCCCCCN([CH2][Sn]([CH2]CCC)([CH2]CCC)[CH2]CCC)C(=O)OC. The summed E-state index contributed by atoms with van der Waals surface area (Å²) in [5, 5.41) is 0. The van der Waals surface area contributed by atoms with Gasteiger partial charge in [-0.05, 0) is 0 Å². The van der Waals surface area contributed by atoms with Gasteiger partial charge in [-0.1, -0.05) is 13.3 Å². The zero-order valence-corrected chi connectivity index (χ0v) is 25.0. The van der Waals surface area contributed by atoms with Gasteiger partial charge in [-0.3, -0.25) is 0 Å². The Morgan fingerprint density at radius 1 is 0.613 bits per heavy atom. The van der Waals surface area contributed by atoms with Crippen LogP contribution in [-0.2, 0) is 4.74 Å². The molecule has 0 spiro atoms. The molecule has 0 atom stereocenters. The third-order valence-electron chi connectivity index (χ3n) is 6.92. The van der Waals surface area contributed by atoms with Crippen molar-refractivity contribution in [2.75, 3.05) is 18.2 Å². The average molecular weight is 546 g/mol. The van der Waals surface area contributed by atoms with Crippen LogP contribution in [0.5, 0.6) is 0 Å². The molecule has 0 aromatic rings. The van der Waals surface area contributed by atoms with E-state index in [0.717, 1.165) is 17.5 Å². The first-order valence-corrected chi connectivity index (χ1v) is 22.0. The van der Waals surface area contributed by atoms with Crippen molar-refractivity contribution >= 4 is 24.5 Å². The molecule has 0 rings (SSSR count). The van der Waals surface area contributed by atoms with E-state index in [1.165, 1.54) is 110 Å². The van der Waals surface area contributed by atoms with Crippen molar-refractivity contribution in [3.05, 3.63) is 0 Å². The second-order valence-corrected chi connectivity index (χ2v) is 23.6. The van der Waals surface area contributed by atoms with Gasteiger partial charge in [-0.25, -0.2) is 0 Å². The number of carbonyl (C=O) groups is 1. The van der Waals surface area contributed by atoms with E-state index in [4.69, 9.17) is 4.74 Å². The molecule has 0 aromatic carbocycles. The fraction of sp³-hybridized carbons (Fsp3) is 0.963. The van der Waals surface area contributed by atoms with Gasteiger partial charge in [0.15, 0.2) is 0 Å². The molecule has 0 heterocycles. The third-order valence-corrected chi connectivity index (χ3v) is 22.0. The molecule has 0 aliphatic heterocycles. The van der Waals surface area contributed by atoms with E-state index < -0.39 is 18.4 Å². The monoisotopic (exact) mass is 547 g/mol. The van der Waals surface area contributed by atoms with Gasteiger partial charge in [0.2, 0.25) is 0 Å². The van der Waals surface area contributed by atoms with Gasteiger partial charge in [0, 0.05) is 0 Å². The van der Waals surface area contributed by atoms with Gasteiger partial charge >= 0.3 is 188 Å². The summed E-state index contributed by atoms with van der Waals surface area (Å²) in [7, 11) is 1.56. The number of carbonyl (C=O) groups excluding carboxylic acids is 1. The zero-order valence-electron chi connectivity index (χ0n) is 22.1. The van der Waals surface area contributed by atoms with Crippen LogP contribution < -0.4 is 0 Å². The predicted molar refractivity (Wildman–Crippen MR) is 141 cm³/mol. The number of amides is 1. The molecule has 0 aliphatic rings. The molecular weight excluding hydrogens is 489 g/mol. The van der Waals surface area contributed by atoms with Crippen LogP contribution in [0.3, 0.4) is 0 Å². The Bertz CT molecular complexity index is 381. The summed E-state index contributed by atoms with van der Waals surface area (Å²) in [5.41, 5.74) is 0. The van der Waals surface area contributed by atoms with E-state index in [1.807, 2.05) is 0 Å². The number of unbranched alkanes of at least 4 members (excludes halogenated alkanes) is 12. The van der Waals surface area contributed by atoms with Gasteiger partial charge in [0.1, 0.15) is 0 Å². The zero-order chi connectivity index (χ0) is 23.2. The first kappa shape index (κ1) is 31.1. The number of methoxy groups -OCH3 is 1. The van der Waals surface area contributed by atoms with Crippen LogP contribution in [0.4, 0.5) is 4.79 Å². The van der Waals surface area contributed by atoms with Crippen LogP contribution in [0.1, 0.15) is 130 Å². The molecule has 0 fully saturated rings. The molecule has 0 radical (unpaired) electrons. The van der Waals surface area contributed by atoms with Crippen molar-refractivity contribution in [2.45, 2.75) is 144 Å². The van der Waals surface area contributed by atoms with Gasteiger partial charge in [0.25, 0.3) is 0 Å². The summed E-state index contributed by atoms with van der Waals surface area (Å²) in [6.07, 6.45) is 21.3. The summed E-state index contributed by atoms with van der Waals surface area (Å²) in [6, 6.07) is 0.